The van der Waals surface area contributed by atoms with Gasteiger partial charge in [0.2, 0.25) is 5.91 Å². The number of hydrogen-bond acceptors (Lipinski definition) is 3. The maximum atomic E-state index is 12.9. The summed E-state index contributed by atoms with van der Waals surface area (Å²) < 4.78 is 12.9. The minimum absolute atomic E-state index is 0.0284. The van der Waals surface area contributed by atoms with E-state index in [9.17, 15) is 9.18 Å². The van der Waals surface area contributed by atoms with Gasteiger partial charge in [-0.2, -0.15) is 0 Å². The van der Waals surface area contributed by atoms with Gasteiger partial charge in [-0.05, 0) is 37.6 Å². The lowest BCUT2D eigenvalue weighted by Crippen LogP contribution is -2.36. The number of rotatable bonds is 5. The molecule has 1 saturated carbocycles. The highest BCUT2D eigenvalue weighted by atomic mass is 19.1. The molecule has 0 saturated heterocycles. The summed E-state index contributed by atoms with van der Waals surface area (Å²) >= 11 is 0. The zero-order chi connectivity index (χ0) is 13.1. The third-order valence-electron chi connectivity index (χ3n) is 2.90. The molecular formula is C13H18FN3O. The van der Waals surface area contributed by atoms with Crippen LogP contribution < -0.4 is 11.1 Å². The van der Waals surface area contributed by atoms with Crippen LogP contribution in [0.3, 0.4) is 0 Å². The quantitative estimate of drug-likeness (QED) is 0.771. The summed E-state index contributed by atoms with van der Waals surface area (Å²) in [6.45, 7) is 0.859. The summed E-state index contributed by atoms with van der Waals surface area (Å²) in [5, 5.41) is 2.92. The molecule has 0 bridgehead atoms. The largest absolute Gasteiger partial charge is 0.398 e. The first-order valence-corrected chi connectivity index (χ1v) is 6.06. The summed E-state index contributed by atoms with van der Waals surface area (Å²) in [7, 11) is 1.84. The normalized spacial score (nSPS) is 14.8. The van der Waals surface area contributed by atoms with Crippen LogP contribution >= 0.6 is 0 Å². The van der Waals surface area contributed by atoms with Crippen LogP contribution in [0.4, 0.5) is 10.1 Å². The predicted molar refractivity (Wildman–Crippen MR) is 68.3 cm³/mol. The van der Waals surface area contributed by atoms with Crippen molar-refractivity contribution in [1.82, 2.24) is 10.2 Å². The molecule has 0 aromatic heterocycles. The van der Waals surface area contributed by atoms with E-state index in [1.165, 1.54) is 12.1 Å². The van der Waals surface area contributed by atoms with Crippen LogP contribution in [-0.2, 0) is 11.3 Å². The molecule has 98 valence electrons. The number of benzene rings is 1. The first-order valence-electron chi connectivity index (χ1n) is 6.06. The predicted octanol–water partition coefficient (Wildman–Crippen LogP) is 1.12. The molecule has 18 heavy (non-hydrogen) atoms. The highest BCUT2D eigenvalue weighted by Gasteiger charge is 2.23. The molecule has 1 amide bonds. The zero-order valence-electron chi connectivity index (χ0n) is 10.4. The van der Waals surface area contributed by atoms with E-state index in [-0.39, 0.29) is 11.7 Å². The molecule has 0 atom stereocenters. The third kappa shape index (κ3) is 3.70. The minimum atomic E-state index is -0.342. The van der Waals surface area contributed by atoms with Crippen LogP contribution in [0.5, 0.6) is 0 Å². The van der Waals surface area contributed by atoms with Crippen molar-refractivity contribution in [3.05, 3.63) is 29.6 Å². The monoisotopic (exact) mass is 251 g/mol. The fourth-order valence-corrected chi connectivity index (χ4v) is 1.80. The van der Waals surface area contributed by atoms with Crippen LogP contribution in [0.15, 0.2) is 18.2 Å². The Kier molecular flexibility index (Phi) is 3.81. The van der Waals surface area contributed by atoms with Crippen molar-refractivity contribution in [2.24, 2.45) is 0 Å². The van der Waals surface area contributed by atoms with Gasteiger partial charge in [-0.1, -0.05) is 6.07 Å². The van der Waals surface area contributed by atoms with E-state index < -0.39 is 0 Å². The first kappa shape index (κ1) is 12.8. The molecule has 0 unspecified atom stereocenters. The van der Waals surface area contributed by atoms with Crippen molar-refractivity contribution < 1.29 is 9.18 Å². The highest BCUT2D eigenvalue weighted by molar-refractivity contribution is 5.78. The van der Waals surface area contributed by atoms with E-state index in [1.807, 2.05) is 11.9 Å². The number of carbonyl (C=O) groups excluding carboxylic acids is 1. The van der Waals surface area contributed by atoms with Crippen LogP contribution in [0, 0.1) is 5.82 Å². The number of nitrogen functional groups attached to an aromatic ring is 1. The Bertz CT molecular complexity index is 446. The fraction of sp³-hybridized carbons (Fsp3) is 0.462. The van der Waals surface area contributed by atoms with Gasteiger partial charge in [-0.25, -0.2) is 4.39 Å². The Morgan fingerprint density at radius 2 is 2.28 bits per heavy atom. The molecule has 2 rings (SSSR count). The third-order valence-corrected chi connectivity index (χ3v) is 2.90. The van der Waals surface area contributed by atoms with Gasteiger partial charge in [0.25, 0.3) is 0 Å². The zero-order valence-corrected chi connectivity index (χ0v) is 10.4. The number of nitrogens with one attached hydrogen (secondary N) is 1. The van der Waals surface area contributed by atoms with Gasteiger partial charge >= 0.3 is 0 Å². The molecule has 0 spiro atoms. The van der Waals surface area contributed by atoms with Gasteiger partial charge < -0.3 is 11.1 Å². The number of hydrogen-bond donors (Lipinski definition) is 2. The van der Waals surface area contributed by atoms with Gasteiger partial charge in [0.1, 0.15) is 5.82 Å². The summed E-state index contributed by atoms with van der Waals surface area (Å²) in [6.07, 6.45) is 2.17. The standard InChI is InChI=1S/C13H18FN3O/c1-17(8-13(18)16-11-4-5-11)7-9-2-3-10(14)6-12(9)15/h2-3,6,11H,4-5,7-8,15H2,1H3,(H,16,18). The molecule has 5 heteroatoms. The Balaban J connectivity index is 1.85. The lowest BCUT2D eigenvalue weighted by Gasteiger charge is -2.17. The topological polar surface area (TPSA) is 58.4 Å². The summed E-state index contributed by atoms with van der Waals surface area (Å²) in [5.74, 6) is -0.314. The van der Waals surface area contributed by atoms with Crippen LogP contribution in [0.25, 0.3) is 0 Å². The average Bonchev–Trinajstić information content (AvgIpc) is 3.05. The number of nitrogens with two attached hydrogens (primary N) is 1. The number of halogens is 1. The van der Waals surface area contributed by atoms with Crippen LogP contribution in [-0.4, -0.2) is 30.4 Å². The summed E-state index contributed by atoms with van der Waals surface area (Å²) in [6, 6.07) is 4.71. The number of likely N-dealkylation sites (N-methyl/N-ethyl adjacent to an activating group) is 1. The van der Waals surface area contributed by atoms with Gasteiger partial charge in [-0.3, -0.25) is 9.69 Å². The Morgan fingerprint density at radius 1 is 1.56 bits per heavy atom. The SMILES string of the molecule is CN(CC(=O)NC1CC1)Cc1ccc(F)cc1N. The summed E-state index contributed by atoms with van der Waals surface area (Å²) in [4.78, 5) is 13.5. The molecular weight excluding hydrogens is 233 g/mol. The molecule has 1 aliphatic carbocycles. The smallest absolute Gasteiger partial charge is 0.234 e. The molecule has 0 heterocycles. The summed E-state index contributed by atoms with van der Waals surface area (Å²) in [5.41, 5.74) is 6.98. The van der Waals surface area contributed by atoms with Crippen molar-refractivity contribution >= 4 is 11.6 Å². The molecule has 0 aliphatic heterocycles. The van der Waals surface area contributed by atoms with Gasteiger partial charge in [0.15, 0.2) is 0 Å². The number of nitrogens with zero attached hydrogens (tertiary/aromatic N) is 1. The molecule has 1 aromatic carbocycles. The van der Waals surface area contributed by atoms with Gasteiger partial charge in [-0.15, -0.1) is 0 Å². The van der Waals surface area contributed by atoms with Crippen molar-refractivity contribution in [3.63, 3.8) is 0 Å². The lowest BCUT2D eigenvalue weighted by atomic mass is 10.1. The molecule has 1 aromatic rings. The van der Waals surface area contributed by atoms with Crippen molar-refractivity contribution in [3.8, 4) is 0 Å². The van der Waals surface area contributed by atoms with Crippen molar-refractivity contribution in [2.45, 2.75) is 25.4 Å². The maximum Gasteiger partial charge on any atom is 0.234 e. The average molecular weight is 251 g/mol. The minimum Gasteiger partial charge on any atom is -0.398 e. The molecule has 4 nitrogen and oxygen atoms in total. The van der Waals surface area contributed by atoms with Crippen LogP contribution in [0.1, 0.15) is 18.4 Å². The maximum absolute atomic E-state index is 12.9. The molecule has 3 N–H and O–H groups in total. The Labute approximate surface area is 106 Å². The van der Waals surface area contributed by atoms with Crippen molar-refractivity contribution in [2.75, 3.05) is 19.3 Å². The highest BCUT2D eigenvalue weighted by Crippen LogP contribution is 2.18. The van der Waals surface area contributed by atoms with Crippen molar-refractivity contribution in [1.29, 1.82) is 0 Å². The van der Waals surface area contributed by atoms with Crippen LogP contribution in [0.2, 0.25) is 0 Å². The number of amides is 1. The van der Waals surface area contributed by atoms with E-state index >= 15 is 0 Å². The number of carbonyl (C=O) groups is 1. The van der Waals surface area contributed by atoms with E-state index in [0.717, 1.165) is 18.4 Å². The van der Waals surface area contributed by atoms with E-state index in [0.29, 0.717) is 24.8 Å². The van der Waals surface area contributed by atoms with E-state index in [1.54, 1.807) is 6.07 Å². The van der Waals surface area contributed by atoms with Gasteiger partial charge in [0.05, 0.1) is 6.54 Å². The molecule has 1 fully saturated rings. The fourth-order valence-electron chi connectivity index (χ4n) is 1.80. The van der Waals surface area contributed by atoms with E-state index in [2.05, 4.69) is 5.32 Å². The lowest BCUT2D eigenvalue weighted by molar-refractivity contribution is -0.122. The second kappa shape index (κ2) is 5.35. The Morgan fingerprint density at radius 3 is 2.89 bits per heavy atom. The second-order valence-corrected chi connectivity index (χ2v) is 4.86. The van der Waals surface area contributed by atoms with E-state index in [4.69, 9.17) is 5.73 Å². The second-order valence-electron chi connectivity index (χ2n) is 4.86. The molecule has 1 aliphatic rings. The van der Waals surface area contributed by atoms with Gasteiger partial charge in [0, 0.05) is 18.3 Å². The molecule has 0 radical (unpaired) electrons. The number of anilines is 1. The first-order chi connectivity index (χ1) is 8.54. The Hall–Kier alpha value is -1.62.